The molecule has 0 unspecified atom stereocenters. The molecule has 1 aromatic heterocycles. The Morgan fingerprint density at radius 3 is 2.64 bits per heavy atom. The van der Waals surface area contributed by atoms with Gasteiger partial charge in [0.05, 0.1) is 0 Å². The van der Waals surface area contributed by atoms with Crippen LogP contribution in [0.25, 0.3) is 0 Å². The first-order valence-electron chi connectivity index (χ1n) is 8.73. The first kappa shape index (κ1) is 17.8. The fraction of sp³-hybridized carbons (Fsp3) is 0.688. The van der Waals surface area contributed by atoms with Crippen LogP contribution in [0.5, 0.6) is 0 Å². The number of imide groups is 1. The minimum Gasteiger partial charge on any atom is -0.323 e. The number of aromatic nitrogens is 2. The van der Waals surface area contributed by atoms with E-state index in [1.165, 1.54) is 11.3 Å². The predicted molar refractivity (Wildman–Crippen MR) is 93.1 cm³/mol. The molecule has 3 rings (SSSR count). The maximum absolute atomic E-state index is 12.8. The van der Waals surface area contributed by atoms with Crippen molar-refractivity contribution in [1.29, 1.82) is 0 Å². The van der Waals surface area contributed by atoms with E-state index in [-0.39, 0.29) is 12.5 Å². The van der Waals surface area contributed by atoms with Crippen LogP contribution < -0.4 is 10.6 Å². The SMILES string of the molecule is CCc1nnc(NC(=O)CN2C(=O)NC3(CCC(CC)CC3)C2=O)s1. The monoisotopic (exact) mass is 365 g/mol. The molecular formula is C16H23N5O3S. The van der Waals surface area contributed by atoms with Crippen LogP contribution in [0.15, 0.2) is 0 Å². The van der Waals surface area contributed by atoms with Crippen LogP contribution in [0.3, 0.4) is 0 Å². The number of urea groups is 1. The smallest absolute Gasteiger partial charge is 0.323 e. The van der Waals surface area contributed by atoms with Gasteiger partial charge in [-0.1, -0.05) is 31.6 Å². The van der Waals surface area contributed by atoms with E-state index in [0.717, 1.165) is 35.6 Å². The first-order valence-corrected chi connectivity index (χ1v) is 9.55. The van der Waals surface area contributed by atoms with Crippen molar-refractivity contribution in [3.8, 4) is 0 Å². The lowest BCUT2D eigenvalue weighted by atomic mass is 9.75. The summed E-state index contributed by atoms with van der Waals surface area (Å²) in [7, 11) is 0. The molecule has 25 heavy (non-hydrogen) atoms. The minimum absolute atomic E-state index is 0.284. The fourth-order valence-electron chi connectivity index (χ4n) is 3.49. The third-order valence-corrected chi connectivity index (χ3v) is 6.08. The van der Waals surface area contributed by atoms with Crippen molar-refractivity contribution in [1.82, 2.24) is 20.4 Å². The molecule has 0 aromatic carbocycles. The Bertz CT molecular complexity index is 681. The van der Waals surface area contributed by atoms with E-state index >= 15 is 0 Å². The summed E-state index contributed by atoms with van der Waals surface area (Å²) in [5.41, 5.74) is -0.818. The maximum Gasteiger partial charge on any atom is 0.325 e. The van der Waals surface area contributed by atoms with E-state index in [4.69, 9.17) is 0 Å². The molecular weight excluding hydrogens is 342 g/mol. The Labute approximate surface area is 150 Å². The Balaban J connectivity index is 1.61. The van der Waals surface area contributed by atoms with E-state index in [1.54, 1.807) is 0 Å². The molecule has 1 saturated heterocycles. The van der Waals surface area contributed by atoms with E-state index < -0.39 is 17.5 Å². The number of hydrogen-bond acceptors (Lipinski definition) is 6. The molecule has 2 N–H and O–H groups in total. The van der Waals surface area contributed by atoms with Crippen molar-refractivity contribution in [2.75, 3.05) is 11.9 Å². The number of aryl methyl sites for hydroxylation is 1. The zero-order valence-corrected chi connectivity index (χ0v) is 15.3. The van der Waals surface area contributed by atoms with Crippen molar-refractivity contribution < 1.29 is 14.4 Å². The zero-order valence-electron chi connectivity index (χ0n) is 14.5. The molecule has 1 aliphatic heterocycles. The number of nitrogens with zero attached hydrogens (tertiary/aromatic N) is 3. The van der Waals surface area contributed by atoms with E-state index in [9.17, 15) is 14.4 Å². The summed E-state index contributed by atoms with van der Waals surface area (Å²) in [6.07, 6.45) is 4.96. The Kier molecular flexibility index (Phi) is 5.03. The van der Waals surface area contributed by atoms with Crippen molar-refractivity contribution in [2.45, 2.75) is 57.9 Å². The van der Waals surface area contributed by atoms with E-state index in [2.05, 4.69) is 27.8 Å². The van der Waals surface area contributed by atoms with Gasteiger partial charge in [-0.25, -0.2) is 4.79 Å². The van der Waals surface area contributed by atoms with Gasteiger partial charge in [0.1, 0.15) is 17.1 Å². The number of amides is 4. The molecule has 1 aromatic rings. The topological polar surface area (TPSA) is 104 Å². The fourth-order valence-corrected chi connectivity index (χ4v) is 4.18. The number of rotatable bonds is 5. The molecule has 8 nitrogen and oxygen atoms in total. The van der Waals surface area contributed by atoms with Crippen molar-refractivity contribution >= 4 is 34.3 Å². The lowest BCUT2D eigenvalue weighted by Crippen LogP contribution is -2.49. The molecule has 2 heterocycles. The molecule has 2 aliphatic rings. The molecule has 0 radical (unpaired) electrons. The molecule has 1 saturated carbocycles. The van der Waals surface area contributed by atoms with Gasteiger partial charge in [0.15, 0.2) is 0 Å². The van der Waals surface area contributed by atoms with Gasteiger partial charge in [-0.05, 0) is 38.0 Å². The summed E-state index contributed by atoms with van der Waals surface area (Å²) in [5.74, 6) is -0.117. The van der Waals surface area contributed by atoms with Crippen LogP contribution in [-0.2, 0) is 16.0 Å². The second kappa shape index (κ2) is 7.07. The van der Waals surface area contributed by atoms with Crippen molar-refractivity contribution in [3.05, 3.63) is 5.01 Å². The zero-order chi connectivity index (χ0) is 18.0. The van der Waals surface area contributed by atoms with Gasteiger partial charge in [0.2, 0.25) is 11.0 Å². The summed E-state index contributed by atoms with van der Waals surface area (Å²) < 4.78 is 0. The first-order chi connectivity index (χ1) is 12.0. The highest BCUT2D eigenvalue weighted by Crippen LogP contribution is 2.37. The number of anilines is 1. The van der Waals surface area contributed by atoms with Crippen LogP contribution in [-0.4, -0.2) is 45.0 Å². The average Bonchev–Trinajstić information content (AvgIpc) is 3.14. The lowest BCUT2D eigenvalue weighted by Gasteiger charge is -2.34. The van der Waals surface area contributed by atoms with Crippen LogP contribution in [0.1, 0.15) is 51.0 Å². The highest BCUT2D eigenvalue weighted by molar-refractivity contribution is 7.15. The normalized spacial score (nSPS) is 26.2. The second-order valence-corrected chi connectivity index (χ2v) is 7.72. The van der Waals surface area contributed by atoms with Gasteiger partial charge >= 0.3 is 6.03 Å². The number of carbonyl (C=O) groups excluding carboxylic acids is 3. The maximum atomic E-state index is 12.8. The van der Waals surface area contributed by atoms with Crippen LogP contribution >= 0.6 is 11.3 Å². The average molecular weight is 365 g/mol. The molecule has 136 valence electrons. The summed E-state index contributed by atoms with van der Waals surface area (Å²) in [4.78, 5) is 38.2. The summed E-state index contributed by atoms with van der Waals surface area (Å²) >= 11 is 1.29. The highest BCUT2D eigenvalue weighted by atomic mass is 32.1. The number of hydrogen-bond donors (Lipinski definition) is 2. The second-order valence-electron chi connectivity index (χ2n) is 6.66. The molecule has 0 atom stereocenters. The third-order valence-electron chi connectivity index (χ3n) is 5.10. The number of nitrogens with one attached hydrogen (secondary N) is 2. The lowest BCUT2D eigenvalue weighted by molar-refractivity contribution is -0.135. The Morgan fingerprint density at radius 2 is 2.04 bits per heavy atom. The van der Waals surface area contributed by atoms with Crippen LogP contribution in [0, 0.1) is 5.92 Å². The molecule has 9 heteroatoms. The third kappa shape index (κ3) is 3.51. The van der Waals surface area contributed by atoms with E-state index in [0.29, 0.717) is 23.9 Å². The van der Waals surface area contributed by atoms with Gasteiger partial charge in [-0.3, -0.25) is 19.8 Å². The number of carbonyl (C=O) groups is 3. The molecule has 4 amide bonds. The predicted octanol–water partition coefficient (Wildman–Crippen LogP) is 1.93. The molecule has 1 aliphatic carbocycles. The van der Waals surface area contributed by atoms with Gasteiger partial charge in [-0.15, -0.1) is 10.2 Å². The minimum atomic E-state index is -0.818. The molecule has 2 fully saturated rings. The standard InChI is InChI=1S/C16H23N5O3S/c1-3-10-5-7-16(8-6-10)13(23)21(15(24)18-16)9-11(22)17-14-20-19-12(4-2)25-14/h10H,3-9H2,1-2H3,(H,18,24)(H,17,20,22). The van der Waals surface area contributed by atoms with Crippen molar-refractivity contribution in [2.24, 2.45) is 5.92 Å². The van der Waals surface area contributed by atoms with Crippen molar-refractivity contribution in [3.63, 3.8) is 0 Å². The van der Waals surface area contributed by atoms with Gasteiger partial charge in [-0.2, -0.15) is 0 Å². The van der Waals surface area contributed by atoms with Gasteiger partial charge < -0.3 is 5.32 Å². The largest absolute Gasteiger partial charge is 0.325 e. The van der Waals surface area contributed by atoms with Crippen LogP contribution in [0.4, 0.5) is 9.93 Å². The summed E-state index contributed by atoms with van der Waals surface area (Å²) in [6.45, 7) is 3.79. The summed E-state index contributed by atoms with van der Waals surface area (Å²) in [5, 5.41) is 14.4. The highest BCUT2D eigenvalue weighted by Gasteiger charge is 2.52. The summed E-state index contributed by atoms with van der Waals surface area (Å²) in [6, 6.07) is -0.485. The van der Waals surface area contributed by atoms with Gasteiger partial charge in [0, 0.05) is 0 Å². The molecule has 1 spiro atoms. The quantitative estimate of drug-likeness (QED) is 0.776. The van der Waals surface area contributed by atoms with E-state index in [1.807, 2.05) is 6.92 Å². The Hall–Kier alpha value is -2.03. The Morgan fingerprint density at radius 1 is 1.32 bits per heavy atom. The molecule has 0 bridgehead atoms. The van der Waals surface area contributed by atoms with Gasteiger partial charge in [0.25, 0.3) is 5.91 Å². The van der Waals surface area contributed by atoms with Crippen LogP contribution in [0.2, 0.25) is 0 Å².